The second-order valence-corrected chi connectivity index (χ2v) is 9.01. The number of halogens is 1. The van der Waals surface area contributed by atoms with E-state index in [1.807, 2.05) is 41.2 Å². The van der Waals surface area contributed by atoms with E-state index in [0.717, 1.165) is 17.2 Å². The number of sulfonamides is 1. The Bertz CT molecular complexity index is 1010. The Morgan fingerprint density at radius 1 is 0.857 bits per heavy atom. The highest BCUT2D eigenvalue weighted by atomic mass is 35.5. The summed E-state index contributed by atoms with van der Waals surface area (Å²) in [5.74, 6) is 1.49. The molecular formula is C19H20ClN5O2S. The molecule has 0 spiro atoms. The molecule has 2 aromatic heterocycles. The maximum absolute atomic E-state index is 12.7. The SMILES string of the molecule is O=S(=O)(Cc1ccc(Cl)cc1)N1CCN(c2ccc(-n3cccc3)nn2)CC1. The summed E-state index contributed by atoms with van der Waals surface area (Å²) < 4.78 is 28.8. The fourth-order valence-electron chi connectivity index (χ4n) is 3.19. The van der Waals surface area contributed by atoms with Crippen molar-refractivity contribution in [2.75, 3.05) is 31.1 Å². The van der Waals surface area contributed by atoms with Gasteiger partial charge >= 0.3 is 0 Å². The van der Waals surface area contributed by atoms with Crippen LogP contribution in [0.1, 0.15) is 5.56 Å². The molecule has 7 nitrogen and oxygen atoms in total. The Labute approximate surface area is 169 Å². The van der Waals surface area contributed by atoms with Gasteiger partial charge in [0.15, 0.2) is 11.6 Å². The van der Waals surface area contributed by atoms with Crippen molar-refractivity contribution >= 4 is 27.4 Å². The monoisotopic (exact) mass is 417 g/mol. The van der Waals surface area contributed by atoms with Gasteiger partial charge in [-0.2, -0.15) is 4.31 Å². The highest BCUT2D eigenvalue weighted by Gasteiger charge is 2.27. The van der Waals surface area contributed by atoms with Crippen molar-refractivity contribution in [3.63, 3.8) is 0 Å². The highest BCUT2D eigenvalue weighted by Crippen LogP contribution is 2.19. The number of piperazine rings is 1. The first-order chi connectivity index (χ1) is 13.5. The summed E-state index contributed by atoms with van der Waals surface area (Å²) in [4.78, 5) is 2.06. The van der Waals surface area contributed by atoms with Gasteiger partial charge < -0.3 is 9.47 Å². The third kappa shape index (κ3) is 4.19. The van der Waals surface area contributed by atoms with Gasteiger partial charge in [0.25, 0.3) is 0 Å². The number of anilines is 1. The Kier molecular flexibility index (Phi) is 5.34. The fourth-order valence-corrected chi connectivity index (χ4v) is 4.83. The van der Waals surface area contributed by atoms with E-state index in [-0.39, 0.29) is 5.75 Å². The van der Waals surface area contributed by atoms with Gasteiger partial charge in [0.2, 0.25) is 10.0 Å². The van der Waals surface area contributed by atoms with E-state index in [4.69, 9.17) is 11.6 Å². The molecule has 146 valence electrons. The molecule has 0 radical (unpaired) electrons. The van der Waals surface area contributed by atoms with Gasteiger partial charge in [-0.05, 0) is 42.0 Å². The number of hydrogen-bond donors (Lipinski definition) is 0. The van der Waals surface area contributed by atoms with E-state index in [0.29, 0.717) is 31.2 Å². The first kappa shape index (κ1) is 18.9. The van der Waals surface area contributed by atoms with Crippen molar-refractivity contribution in [1.29, 1.82) is 0 Å². The molecule has 0 amide bonds. The molecule has 1 aromatic carbocycles. The molecule has 3 aromatic rings. The highest BCUT2D eigenvalue weighted by molar-refractivity contribution is 7.88. The van der Waals surface area contributed by atoms with Crippen LogP contribution in [-0.4, -0.2) is 53.7 Å². The molecule has 1 saturated heterocycles. The van der Waals surface area contributed by atoms with Gasteiger partial charge in [-0.3, -0.25) is 0 Å². The van der Waals surface area contributed by atoms with Crippen molar-refractivity contribution in [1.82, 2.24) is 19.1 Å². The van der Waals surface area contributed by atoms with Crippen LogP contribution in [0.5, 0.6) is 0 Å². The van der Waals surface area contributed by atoms with Crippen molar-refractivity contribution in [2.45, 2.75) is 5.75 Å². The molecular weight excluding hydrogens is 398 g/mol. The summed E-state index contributed by atoms with van der Waals surface area (Å²) in [7, 11) is -3.37. The van der Waals surface area contributed by atoms with Crippen molar-refractivity contribution in [2.24, 2.45) is 0 Å². The lowest BCUT2D eigenvalue weighted by molar-refractivity contribution is 0.383. The molecule has 0 atom stereocenters. The maximum atomic E-state index is 12.7. The molecule has 3 heterocycles. The van der Waals surface area contributed by atoms with Gasteiger partial charge in [0, 0.05) is 43.6 Å². The number of hydrogen-bond acceptors (Lipinski definition) is 5. The molecule has 0 saturated carbocycles. The second-order valence-electron chi connectivity index (χ2n) is 6.61. The number of rotatable bonds is 5. The Morgan fingerprint density at radius 3 is 2.07 bits per heavy atom. The van der Waals surface area contributed by atoms with Crippen LogP contribution < -0.4 is 4.90 Å². The lowest BCUT2D eigenvalue weighted by atomic mass is 10.2. The van der Waals surface area contributed by atoms with E-state index in [2.05, 4.69) is 15.1 Å². The maximum Gasteiger partial charge on any atom is 0.218 e. The average molecular weight is 418 g/mol. The van der Waals surface area contributed by atoms with Gasteiger partial charge in [-0.15, -0.1) is 10.2 Å². The van der Waals surface area contributed by atoms with Crippen LogP contribution in [0, 0.1) is 0 Å². The van der Waals surface area contributed by atoms with E-state index in [9.17, 15) is 8.42 Å². The summed E-state index contributed by atoms with van der Waals surface area (Å²) in [6.07, 6.45) is 3.82. The zero-order valence-electron chi connectivity index (χ0n) is 15.1. The van der Waals surface area contributed by atoms with Crippen molar-refractivity contribution < 1.29 is 8.42 Å². The van der Waals surface area contributed by atoms with Crippen LogP contribution in [0.4, 0.5) is 5.82 Å². The van der Waals surface area contributed by atoms with E-state index in [1.54, 1.807) is 28.6 Å². The van der Waals surface area contributed by atoms with Crippen LogP contribution in [0.2, 0.25) is 5.02 Å². The fraction of sp³-hybridized carbons (Fsp3) is 0.263. The molecule has 0 N–H and O–H groups in total. The Morgan fingerprint density at radius 2 is 1.46 bits per heavy atom. The molecule has 4 rings (SSSR count). The Hall–Kier alpha value is -2.42. The first-order valence-electron chi connectivity index (χ1n) is 8.95. The summed E-state index contributed by atoms with van der Waals surface area (Å²) in [5, 5.41) is 9.15. The van der Waals surface area contributed by atoms with Crippen LogP contribution >= 0.6 is 11.6 Å². The normalized spacial score (nSPS) is 15.7. The zero-order valence-corrected chi connectivity index (χ0v) is 16.7. The topological polar surface area (TPSA) is 71.3 Å². The predicted molar refractivity (Wildman–Crippen MR) is 109 cm³/mol. The van der Waals surface area contributed by atoms with Gasteiger partial charge in [0.1, 0.15) is 0 Å². The van der Waals surface area contributed by atoms with E-state index >= 15 is 0 Å². The minimum Gasteiger partial charge on any atom is -0.352 e. The smallest absolute Gasteiger partial charge is 0.218 e. The van der Waals surface area contributed by atoms with Crippen molar-refractivity contribution in [3.05, 3.63) is 71.5 Å². The Balaban J connectivity index is 1.38. The van der Waals surface area contributed by atoms with Gasteiger partial charge in [0.05, 0.1) is 5.75 Å². The molecule has 1 aliphatic rings. The second kappa shape index (κ2) is 7.90. The van der Waals surface area contributed by atoms with Crippen molar-refractivity contribution in [3.8, 4) is 5.82 Å². The quantitative estimate of drug-likeness (QED) is 0.638. The van der Waals surface area contributed by atoms with Gasteiger partial charge in [-0.1, -0.05) is 23.7 Å². The standard InChI is InChI=1S/C19H20ClN5O2S/c20-17-5-3-16(4-6-17)15-28(26,27)25-13-11-24(12-14-25)19-8-7-18(21-22-19)23-9-1-2-10-23/h1-10H,11-15H2. The molecule has 0 unspecified atom stereocenters. The number of aromatic nitrogens is 3. The van der Waals surface area contributed by atoms with Gasteiger partial charge in [-0.25, -0.2) is 8.42 Å². The summed E-state index contributed by atoms with van der Waals surface area (Å²) >= 11 is 5.87. The minimum absolute atomic E-state index is 0.0183. The summed E-state index contributed by atoms with van der Waals surface area (Å²) in [6, 6.07) is 14.6. The lowest BCUT2D eigenvalue weighted by Gasteiger charge is -2.34. The number of benzene rings is 1. The molecule has 0 bridgehead atoms. The third-order valence-corrected chi connectivity index (χ3v) is 6.83. The summed E-state index contributed by atoms with van der Waals surface area (Å²) in [5.41, 5.74) is 0.735. The predicted octanol–water partition coefficient (Wildman–Crippen LogP) is 2.57. The first-order valence-corrected chi connectivity index (χ1v) is 10.9. The van der Waals surface area contributed by atoms with Crippen LogP contribution in [0.3, 0.4) is 0 Å². The minimum atomic E-state index is -3.37. The molecule has 9 heteroatoms. The van der Waals surface area contributed by atoms with Crippen LogP contribution in [0.25, 0.3) is 5.82 Å². The third-order valence-electron chi connectivity index (χ3n) is 4.72. The molecule has 1 aliphatic heterocycles. The van der Waals surface area contributed by atoms with E-state index < -0.39 is 10.0 Å². The molecule has 28 heavy (non-hydrogen) atoms. The van der Waals surface area contributed by atoms with E-state index in [1.165, 1.54) is 0 Å². The molecule has 0 aliphatic carbocycles. The van der Waals surface area contributed by atoms with Crippen LogP contribution in [-0.2, 0) is 15.8 Å². The van der Waals surface area contributed by atoms with Crippen LogP contribution in [0.15, 0.2) is 60.9 Å². The zero-order chi connectivity index (χ0) is 19.6. The summed E-state index contributed by atoms with van der Waals surface area (Å²) in [6.45, 7) is 2.02. The average Bonchev–Trinajstić information content (AvgIpc) is 3.25. The largest absolute Gasteiger partial charge is 0.352 e. The number of nitrogens with zero attached hydrogens (tertiary/aromatic N) is 5. The molecule has 1 fully saturated rings. The lowest BCUT2D eigenvalue weighted by Crippen LogP contribution is -2.49.